The van der Waals surface area contributed by atoms with E-state index in [9.17, 15) is 14.9 Å². The van der Waals surface area contributed by atoms with Crippen LogP contribution in [-0.4, -0.2) is 16.8 Å². The molecule has 3 rings (SSSR count). The number of anilines is 1. The van der Waals surface area contributed by atoms with E-state index in [2.05, 4.69) is 16.4 Å². The number of hydrogen-bond donors (Lipinski definition) is 2. The van der Waals surface area contributed by atoms with Gasteiger partial charge in [-0.1, -0.05) is 42.5 Å². The quantitative estimate of drug-likeness (QED) is 0.759. The second-order valence-electron chi connectivity index (χ2n) is 5.43. The number of nitrogens with zero attached hydrogens (tertiary/aromatic N) is 2. The first kappa shape index (κ1) is 16.9. The van der Waals surface area contributed by atoms with Crippen molar-refractivity contribution in [3.8, 4) is 17.2 Å². The molecule has 0 saturated carbocycles. The lowest BCUT2D eigenvalue weighted by Gasteiger charge is -2.11. The summed E-state index contributed by atoms with van der Waals surface area (Å²) in [6, 6.07) is 20.8. The average Bonchev–Trinajstić information content (AvgIpc) is 2.68. The number of pyridine rings is 1. The van der Waals surface area contributed by atoms with E-state index in [0.29, 0.717) is 22.3 Å². The summed E-state index contributed by atoms with van der Waals surface area (Å²) < 4.78 is 0. The maximum atomic E-state index is 12.7. The Kier molecular flexibility index (Phi) is 4.72. The number of carbonyl (C=O) groups is 2. The third-order valence-electron chi connectivity index (χ3n) is 3.75. The molecule has 26 heavy (non-hydrogen) atoms. The van der Waals surface area contributed by atoms with Crippen LogP contribution in [0.3, 0.4) is 0 Å². The highest BCUT2D eigenvalue weighted by atomic mass is 16.2. The van der Waals surface area contributed by atoms with Crippen molar-refractivity contribution in [2.75, 3.05) is 5.32 Å². The number of benzene rings is 2. The maximum absolute atomic E-state index is 12.7. The molecule has 0 aliphatic heterocycles. The van der Waals surface area contributed by atoms with Crippen molar-refractivity contribution in [2.45, 2.75) is 0 Å². The zero-order chi connectivity index (χ0) is 18.5. The molecule has 0 aliphatic rings. The summed E-state index contributed by atoms with van der Waals surface area (Å²) >= 11 is 0. The van der Waals surface area contributed by atoms with E-state index < -0.39 is 11.8 Å². The Morgan fingerprint density at radius 1 is 0.923 bits per heavy atom. The van der Waals surface area contributed by atoms with Gasteiger partial charge in [-0.3, -0.25) is 9.59 Å². The summed E-state index contributed by atoms with van der Waals surface area (Å²) in [6.45, 7) is 0. The number of aromatic nitrogens is 1. The van der Waals surface area contributed by atoms with Gasteiger partial charge in [-0.15, -0.1) is 0 Å². The third-order valence-corrected chi connectivity index (χ3v) is 3.75. The second kappa shape index (κ2) is 7.28. The van der Waals surface area contributed by atoms with Crippen LogP contribution in [0.15, 0.2) is 66.7 Å². The van der Waals surface area contributed by atoms with Crippen molar-refractivity contribution >= 4 is 17.6 Å². The number of nitriles is 1. The molecule has 0 fully saturated rings. The molecule has 0 atom stereocenters. The van der Waals surface area contributed by atoms with Gasteiger partial charge in [0.1, 0.15) is 11.5 Å². The predicted molar refractivity (Wildman–Crippen MR) is 97.3 cm³/mol. The molecule has 2 amide bonds. The molecule has 3 N–H and O–H groups in total. The van der Waals surface area contributed by atoms with Crippen LogP contribution < -0.4 is 11.1 Å². The molecular weight excluding hydrogens is 328 g/mol. The fraction of sp³-hybridized carbons (Fsp3) is 0. The van der Waals surface area contributed by atoms with Gasteiger partial charge in [0.25, 0.3) is 11.8 Å². The third kappa shape index (κ3) is 3.42. The van der Waals surface area contributed by atoms with Gasteiger partial charge in [-0.05, 0) is 29.8 Å². The molecule has 1 aromatic heterocycles. The minimum absolute atomic E-state index is 0.0610. The highest BCUT2D eigenvalue weighted by Gasteiger charge is 2.15. The summed E-state index contributed by atoms with van der Waals surface area (Å²) in [5.41, 5.74) is 7.44. The lowest BCUT2D eigenvalue weighted by molar-refractivity contribution is 0.0991. The minimum Gasteiger partial charge on any atom is -0.364 e. The number of primary amides is 1. The summed E-state index contributed by atoms with van der Waals surface area (Å²) in [6.07, 6.45) is 0. The van der Waals surface area contributed by atoms with Crippen molar-refractivity contribution in [3.05, 3.63) is 83.6 Å². The van der Waals surface area contributed by atoms with Crippen LogP contribution in [0.1, 0.15) is 26.4 Å². The normalized spacial score (nSPS) is 9.96. The fourth-order valence-electron chi connectivity index (χ4n) is 2.56. The molecule has 3 aromatic rings. The van der Waals surface area contributed by atoms with E-state index in [1.54, 1.807) is 54.6 Å². The highest BCUT2D eigenvalue weighted by Crippen LogP contribution is 2.27. The fourth-order valence-corrected chi connectivity index (χ4v) is 2.56. The maximum Gasteiger partial charge on any atom is 0.267 e. The summed E-state index contributed by atoms with van der Waals surface area (Å²) in [4.78, 5) is 28.0. The molecule has 126 valence electrons. The molecule has 0 spiro atoms. The van der Waals surface area contributed by atoms with Crippen molar-refractivity contribution in [3.63, 3.8) is 0 Å². The van der Waals surface area contributed by atoms with Gasteiger partial charge in [0, 0.05) is 11.1 Å². The van der Waals surface area contributed by atoms with E-state index in [-0.39, 0.29) is 11.5 Å². The Morgan fingerprint density at radius 3 is 2.35 bits per heavy atom. The molecule has 2 aromatic carbocycles. The Balaban J connectivity index is 1.98. The van der Waals surface area contributed by atoms with Gasteiger partial charge >= 0.3 is 0 Å². The number of rotatable bonds is 4. The zero-order valence-corrected chi connectivity index (χ0v) is 13.6. The first-order valence-corrected chi connectivity index (χ1v) is 7.77. The Labute approximate surface area is 149 Å². The Morgan fingerprint density at radius 2 is 1.62 bits per heavy atom. The standard InChI is InChI=1S/C20H14N4O2/c21-12-13-6-1-2-7-14(13)15-8-3-4-9-16(15)20(26)24-18-11-5-10-17(23-18)19(22)25/h1-11H,(H2,22,25)(H,23,24,26). The van der Waals surface area contributed by atoms with Gasteiger partial charge in [0.15, 0.2) is 0 Å². The molecule has 0 radical (unpaired) electrons. The lowest BCUT2D eigenvalue weighted by atomic mass is 9.95. The monoisotopic (exact) mass is 342 g/mol. The van der Waals surface area contributed by atoms with Gasteiger partial charge in [0.2, 0.25) is 0 Å². The zero-order valence-electron chi connectivity index (χ0n) is 13.6. The van der Waals surface area contributed by atoms with Crippen LogP contribution in [-0.2, 0) is 0 Å². The summed E-state index contributed by atoms with van der Waals surface area (Å²) in [5, 5.41) is 12.0. The average molecular weight is 342 g/mol. The van der Waals surface area contributed by atoms with E-state index in [0.717, 1.165) is 0 Å². The van der Waals surface area contributed by atoms with Crippen LogP contribution in [0, 0.1) is 11.3 Å². The number of amides is 2. The molecule has 6 heteroatoms. The second-order valence-corrected chi connectivity index (χ2v) is 5.43. The minimum atomic E-state index is -0.676. The van der Waals surface area contributed by atoms with Crippen molar-refractivity contribution in [2.24, 2.45) is 5.73 Å². The van der Waals surface area contributed by atoms with Crippen LogP contribution in [0.25, 0.3) is 11.1 Å². The van der Waals surface area contributed by atoms with Crippen molar-refractivity contribution in [1.29, 1.82) is 5.26 Å². The highest BCUT2D eigenvalue weighted by molar-refractivity contribution is 6.08. The number of hydrogen-bond acceptors (Lipinski definition) is 4. The van der Waals surface area contributed by atoms with E-state index in [1.165, 1.54) is 6.07 Å². The number of nitrogens with two attached hydrogens (primary N) is 1. The van der Waals surface area contributed by atoms with E-state index in [4.69, 9.17) is 5.73 Å². The van der Waals surface area contributed by atoms with Gasteiger partial charge in [-0.2, -0.15) is 5.26 Å². The molecule has 0 aliphatic carbocycles. The van der Waals surface area contributed by atoms with E-state index >= 15 is 0 Å². The summed E-state index contributed by atoms with van der Waals surface area (Å²) in [5.74, 6) is -0.860. The van der Waals surface area contributed by atoms with Gasteiger partial charge < -0.3 is 11.1 Å². The first-order valence-electron chi connectivity index (χ1n) is 7.77. The molecule has 0 bridgehead atoms. The first-order chi connectivity index (χ1) is 12.6. The molecule has 0 saturated heterocycles. The molecular formula is C20H14N4O2. The van der Waals surface area contributed by atoms with Crippen molar-refractivity contribution in [1.82, 2.24) is 4.98 Å². The number of nitrogens with one attached hydrogen (secondary N) is 1. The molecule has 6 nitrogen and oxygen atoms in total. The Hall–Kier alpha value is -3.98. The van der Waals surface area contributed by atoms with Crippen LogP contribution in [0.4, 0.5) is 5.82 Å². The largest absolute Gasteiger partial charge is 0.364 e. The van der Waals surface area contributed by atoms with Gasteiger partial charge in [0.05, 0.1) is 11.6 Å². The van der Waals surface area contributed by atoms with Crippen LogP contribution in [0.2, 0.25) is 0 Å². The van der Waals surface area contributed by atoms with Crippen LogP contribution in [0.5, 0.6) is 0 Å². The smallest absolute Gasteiger partial charge is 0.267 e. The van der Waals surface area contributed by atoms with Crippen LogP contribution >= 0.6 is 0 Å². The lowest BCUT2D eigenvalue weighted by Crippen LogP contribution is -2.17. The topological polar surface area (TPSA) is 109 Å². The van der Waals surface area contributed by atoms with Gasteiger partial charge in [-0.25, -0.2) is 4.98 Å². The molecule has 1 heterocycles. The SMILES string of the molecule is N#Cc1ccccc1-c1ccccc1C(=O)Nc1cccc(C(N)=O)n1. The van der Waals surface area contributed by atoms with Crippen molar-refractivity contribution < 1.29 is 9.59 Å². The molecule has 0 unspecified atom stereocenters. The Bertz CT molecular complexity index is 1040. The predicted octanol–water partition coefficient (Wildman–Crippen LogP) is 2.97. The van der Waals surface area contributed by atoms with E-state index in [1.807, 2.05) is 6.07 Å². The number of carbonyl (C=O) groups excluding carboxylic acids is 2. The summed E-state index contributed by atoms with van der Waals surface area (Å²) in [7, 11) is 0.